The van der Waals surface area contributed by atoms with Crippen molar-refractivity contribution in [2.75, 3.05) is 0 Å². The minimum Gasteiger partial charge on any atom is -0.399 e. The summed E-state index contributed by atoms with van der Waals surface area (Å²) in [4.78, 5) is 16.9. The van der Waals surface area contributed by atoms with Crippen molar-refractivity contribution in [2.45, 2.75) is 0 Å². The highest BCUT2D eigenvalue weighted by atomic mass is 32.1. The molecule has 0 amide bonds. The highest BCUT2D eigenvalue weighted by Gasteiger charge is 2.14. The van der Waals surface area contributed by atoms with Gasteiger partial charge < -0.3 is 4.42 Å². The van der Waals surface area contributed by atoms with Crippen LogP contribution in [0.1, 0.15) is 5.76 Å². The third-order valence-corrected chi connectivity index (χ3v) is 1.63. The Labute approximate surface area is 100 Å². The van der Waals surface area contributed by atoms with Crippen molar-refractivity contribution in [3.8, 4) is 0 Å². The first-order valence-electron chi connectivity index (χ1n) is 3.78. The van der Waals surface area contributed by atoms with E-state index in [1.165, 1.54) is 18.3 Å². The van der Waals surface area contributed by atoms with E-state index in [0.717, 1.165) is 0 Å². The minimum absolute atomic E-state index is 0.151. The molecule has 80 valence electrons. The molecule has 0 atom stereocenters. The lowest BCUT2D eigenvalue weighted by Gasteiger charge is -1.90. The molecule has 1 rings (SSSR count). The zero-order valence-corrected chi connectivity index (χ0v) is 9.25. The summed E-state index contributed by atoms with van der Waals surface area (Å²) in [5.74, 6) is -0.246. The van der Waals surface area contributed by atoms with Crippen LogP contribution in [0.15, 0.2) is 32.7 Å². The van der Waals surface area contributed by atoms with Crippen molar-refractivity contribution in [1.29, 1.82) is 0 Å². The number of thiocarbonyl (C=S) groups is 2. The van der Waals surface area contributed by atoms with Crippen LogP contribution in [0.4, 0.5) is 5.88 Å². The van der Waals surface area contributed by atoms with Crippen LogP contribution in [0.25, 0.3) is 5.70 Å². The first-order valence-corrected chi connectivity index (χ1v) is 4.60. The van der Waals surface area contributed by atoms with Gasteiger partial charge in [-0.2, -0.15) is 4.99 Å². The average Bonchev–Trinajstić information content (AvgIpc) is 2.73. The molecule has 0 spiro atoms. The molecule has 0 aliphatic heterocycles. The van der Waals surface area contributed by atoms with Gasteiger partial charge in [-0.25, -0.2) is 4.99 Å². The van der Waals surface area contributed by atoms with Gasteiger partial charge in [0.15, 0.2) is 5.76 Å². The van der Waals surface area contributed by atoms with Gasteiger partial charge in [0, 0.05) is 0 Å². The molecule has 1 aromatic heterocycles. The Kier molecular flexibility index (Phi) is 4.38. The molecule has 1 heterocycles. The molecule has 0 fully saturated rings. The fourth-order valence-electron chi connectivity index (χ4n) is 0.848. The highest BCUT2D eigenvalue weighted by Crippen LogP contribution is 2.23. The number of furan rings is 1. The van der Waals surface area contributed by atoms with Crippen molar-refractivity contribution in [2.24, 2.45) is 9.98 Å². The van der Waals surface area contributed by atoms with E-state index in [4.69, 9.17) is 4.42 Å². The van der Waals surface area contributed by atoms with Crippen molar-refractivity contribution in [3.63, 3.8) is 0 Å². The van der Waals surface area contributed by atoms with Crippen LogP contribution in [-0.2, 0) is 0 Å². The second kappa shape index (κ2) is 5.79. The van der Waals surface area contributed by atoms with Crippen molar-refractivity contribution < 1.29 is 9.34 Å². The third kappa shape index (κ3) is 3.01. The topological polar surface area (TPSA) is 81.0 Å². The van der Waals surface area contributed by atoms with E-state index in [1.807, 2.05) is 0 Å². The van der Waals surface area contributed by atoms with E-state index in [0.29, 0.717) is 0 Å². The van der Waals surface area contributed by atoms with Gasteiger partial charge in [-0.3, -0.25) is 10.1 Å². The maximum absolute atomic E-state index is 10.4. The van der Waals surface area contributed by atoms with Crippen molar-refractivity contribution >= 4 is 46.3 Å². The SMILES string of the molecule is O=[N+]([O-])c1ccc(C(=CN=C=S)N=C=S)o1. The first-order chi connectivity index (χ1) is 7.69. The summed E-state index contributed by atoms with van der Waals surface area (Å²) in [5.41, 5.74) is 0.181. The second-order valence-corrected chi connectivity index (χ2v) is 2.70. The molecule has 0 radical (unpaired) electrons. The molecular formula is C8H3N3O3S2. The minimum atomic E-state index is -0.662. The molecule has 0 aliphatic rings. The number of nitrogens with zero attached hydrogens (tertiary/aromatic N) is 3. The lowest BCUT2D eigenvalue weighted by atomic mass is 10.3. The van der Waals surface area contributed by atoms with Crippen LogP contribution in [0.2, 0.25) is 0 Å². The zero-order valence-electron chi connectivity index (χ0n) is 7.61. The molecular weight excluding hydrogens is 250 g/mol. The van der Waals surface area contributed by atoms with Crippen LogP contribution in [0.5, 0.6) is 0 Å². The molecule has 0 saturated heterocycles. The van der Waals surface area contributed by atoms with Gasteiger partial charge in [0.2, 0.25) is 0 Å². The summed E-state index contributed by atoms with van der Waals surface area (Å²) in [6.07, 6.45) is 1.22. The quantitative estimate of drug-likeness (QED) is 0.356. The van der Waals surface area contributed by atoms with E-state index in [2.05, 4.69) is 44.7 Å². The van der Waals surface area contributed by atoms with E-state index < -0.39 is 10.8 Å². The zero-order chi connectivity index (χ0) is 12.0. The molecule has 16 heavy (non-hydrogen) atoms. The summed E-state index contributed by atoms with van der Waals surface area (Å²) >= 11 is 8.78. The number of nitro groups is 1. The Bertz CT molecular complexity index is 536. The monoisotopic (exact) mass is 253 g/mol. The molecule has 0 N–H and O–H groups in total. The molecule has 1 aromatic rings. The Morgan fingerprint density at radius 2 is 2.25 bits per heavy atom. The van der Waals surface area contributed by atoms with Crippen LogP contribution in [-0.4, -0.2) is 15.2 Å². The molecule has 8 heteroatoms. The Balaban J connectivity index is 3.16. The molecule has 6 nitrogen and oxygen atoms in total. The van der Waals surface area contributed by atoms with Crippen LogP contribution in [0.3, 0.4) is 0 Å². The lowest BCUT2D eigenvalue weighted by Crippen LogP contribution is -1.83. The second-order valence-electron chi connectivity index (χ2n) is 2.33. The lowest BCUT2D eigenvalue weighted by molar-refractivity contribution is -0.402. The van der Waals surface area contributed by atoms with Crippen molar-refractivity contribution in [1.82, 2.24) is 0 Å². The smallest absolute Gasteiger partial charge is 0.399 e. The molecule has 0 aromatic carbocycles. The predicted molar refractivity (Wildman–Crippen MR) is 63.4 cm³/mol. The van der Waals surface area contributed by atoms with E-state index >= 15 is 0 Å². The maximum atomic E-state index is 10.4. The number of aliphatic imine (C=N–C) groups is 2. The molecule has 0 bridgehead atoms. The number of isothiocyanates is 2. The van der Waals surface area contributed by atoms with E-state index in [-0.39, 0.29) is 11.5 Å². The van der Waals surface area contributed by atoms with Gasteiger partial charge in [0.05, 0.1) is 22.6 Å². The van der Waals surface area contributed by atoms with Gasteiger partial charge in [0.25, 0.3) is 0 Å². The molecule has 0 saturated carbocycles. The largest absolute Gasteiger partial charge is 0.433 e. The summed E-state index contributed by atoms with van der Waals surface area (Å²) in [6, 6.07) is 2.57. The van der Waals surface area contributed by atoms with Gasteiger partial charge in [-0.05, 0) is 30.5 Å². The Morgan fingerprint density at radius 3 is 2.75 bits per heavy atom. The van der Waals surface area contributed by atoms with E-state index in [9.17, 15) is 10.1 Å². The summed E-state index contributed by atoms with van der Waals surface area (Å²) < 4.78 is 4.89. The van der Waals surface area contributed by atoms with Gasteiger partial charge in [0.1, 0.15) is 10.6 Å². The van der Waals surface area contributed by atoms with E-state index in [1.54, 1.807) is 0 Å². The van der Waals surface area contributed by atoms with Crippen molar-refractivity contribution in [3.05, 3.63) is 34.2 Å². The van der Waals surface area contributed by atoms with Crippen LogP contribution >= 0.6 is 24.4 Å². The van der Waals surface area contributed by atoms with Gasteiger partial charge in [-0.15, -0.1) is 0 Å². The molecule has 0 aliphatic carbocycles. The van der Waals surface area contributed by atoms with Crippen LogP contribution in [0, 0.1) is 10.1 Å². The predicted octanol–water partition coefficient (Wildman–Crippen LogP) is 2.69. The first kappa shape index (κ1) is 12.1. The summed E-state index contributed by atoms with van der Waals surface area (Å²) in [6.45, 7) is 0. The normalized spacial score (nSPS) is 10.1. The van der Waals surface area contributed by atoms with Gasteiger partial charge in [-0.1, -0.05) is 0 Å². The number of rotatable bonds is 4. The fourth-order valence-corrected chi connectivity index (χ4v) is 0.999. The standard InChI is InChI=1S/C8H3N3O3S2/c12-11(13)8-2-1-7(14-8)6(10-5-16)3-9-4-15/h1-3H. The fraction of sp³-hybridized carbons (Fsp3) is 0. The van der Waals surface area contributed by atoms with Gasteiger partial charge >= 0.3 is 5.88 Å². The highest BCUT2D eigenvalue weighted by molar-refractivity contribution is 7.78. The number of hydrogen-bond acceptors (Lipinski definition) is 7. The summed E-state index contributed by atoms with van der Waals surface area (Å²) in [7, 11) is 0. The summed E-state index contributed by atoms with van der Waals surface area (Å²) in [5, 5.41) is 14.6. The number of hydrogen-bond donors (Lipinski definition) is 0. The Hall–Kier alpha value is -1.98. The van der Waals surface area contributed by atoms with Crippen LogP contribution < -0.4 is 0 Å². The maximum Gasteiger partial charge on any atom is 0.433 e. The average molecular weight is 253 g/mol. The Morgan fingerprint density at radius 1 is 1.50 bits per heavy atom. The molecule has 0 unspecified atom stereocenters. The third-order valence-electron chi connectivity index (χ3n) is 1.43.